The molecular weight excluding hydrogens is 347 g/mol. The summed E-state index contributed by atoms with van der Waals surface area (Å²) < 4.78 is 42.4. The van der Waals surface area contributed by atoms with Gasteiger partial charge in [-0.1, -0.05) is 6.07 Å². The summed E-state index contributed by atoms with van der Waals surface area (Å²) in [6.45, 7) is 0.234. The van der Waals surface area contributed by atoms with E-state index in [1.54, 1.807) is 30.7 Å². The molecule has 0 atom stereocenters. The molecule has 1 aliphatic heterocycles. The molecule has 1 aliphatic rings. The van der Waals surface area contributed by atoms with Gasteiger partial charge in [-0.2, -0.15) is 0 Å². The Morgan fingerprint density at radius 3 is 2.69 bits per heavy atom. The molecule has 0 unspecified atom stereocenters. The molecular formula is C18H16F3N3O2. The second kappa shape index (κ2) is 7.09. The van der Waals surface area contributed by atoms with Crippen molar-refractivity contribution in [2.45, 2.75) is 6.36 Å². The molecule has 2 heterocycles. The molecule has 2 N–H and O–H groups in total. The van der Waals surface area contributed by atoms with Gasteiger partial charge in [-0.25, -0.2) is 0 Å². The van der Waals surface area contributed by atoms with Gasteiger partial charge in [-0.3, -0.25) is 14.9 Å². The number of hydrogen-bond acceptors (Lipinski definition) is 5. The van der Waals surface area contributed by atoms with E-state index >= 15 is 0 Å². The van der Waals surface area contributed by atoms with E-state index in [9.17, 15) is 13.2 Å². The minimum absolute atomic E-state index is 0.234. The number of nitrogens with two attached hydrogens (primary N) is 1. The average Bonchev–Trinajstić information content (AvgIpc) is 2.62. The van der Waals surface area contributed by atoms with Gasteiger partial charge < -0.3 is 10.5 Å². The molecule has 0 bridgehead atoms. The largest absolute Gasteiger partial charge is 0.573 e. The molecule has 3 rings (SSSR count). The van der Waals surface area contributed by atoms with Crippen LogP contribution in [0.1, 0.15) is 11.1 Å². The predicted octanol–water partition coefficient (Wildman–Crippen LogP) is 3.86. The Labute approximate surface area is 148 Å². The van der Waals surface area contributed by atoms with Crippen LogP contribution in [-0.4, -0.2) is 30.1 Å². The summed E-state index contributed by atoms with van der Waals surface area (Å²) in [6.07, 6.45) is 2.01. The number of pyridine rings is 1. The third kappa shape index (κ3) is 4.15. The summed E-state index contributed by atoms with van der Waals surface area (Å²) in [6, 6.07) is 7.64. The van der Waals surface area contributed by atoms with E-state index in [1.807, 2.05) is 6.07 Å². The molecule has 5 nitrogen and oxygen atoms in total. The first-order valence-electron chi connectivity index (χ1n) is 7.65. The molecule has 0 aliphatic carbocycles. The van der Waals surface area contributed by atoms with Crippen LogP contribution in [0, 0.1) is 0 Å². The van der Waals surface area contributed by atoms with Crippen LogP contribution in [0.4, 0.5) is 18.9 Å². The summed E-state index contributed by atoms with van der Waals surface area (Å²) in [4.78, 5) is 9.33. The maximum atomic E-state index is 12.7. The zero-order valence-corrected chi connectivity index (χ0v) is 13.8. The highest BCUT2D eigenvalue weighted by Gasteiger charge is 2.33. The summed E-state index contributed by atoms with van der Waals surface area (Å²) >= 11 is 0. The fourth-order valence-corrected chi connectivity index (χ4v) is 2.62. The van der Waals surface area contributed by atoms with Gasteiger partial charge in [0.2, 0.25) is 0 Å². The van der Waals surface area contributed by atoms with Crippen LogP contribution < -0.4 is 10.5 Å². The van der Waals surface area contributed by atoms with Gasteiger partial charge >= 0.3 is 6.36 Å². The van der Waals surface area contributed by atoms with Crippen LogP contribution in [0.15, 0.2) is 55.0 Å². The highest BCUT2D eigenvalue weighted by Crippen LogP contribution is 2.36. The number of anilines is 1. The number of hydrogen-bond donors (Lipinski definition) is 1. The lowest BCUT2D eigenvalue weighted by molar-refractivity contribution is -0.274. The predicted molar refractivity (Wildman–Crippen MR) is 91.4 cm³/mol. The van der Waals surface area contributed by atoms with Crippen molar-refractivity contribution in [2.75, 3.05) is 19.4 Å². The quantitative estimate of drug-likeness (QED) is 0.836. The highest BCUT2D eigenvalue weighted by atomic mass is 19.4. The Bertz CT molecular complexity index is 849. The van der Waals surface area contributed by atoms with E-state index in [-0.39, 0.29) is 17.9 Å². The van der Waals surface area contributed by atoms with Gasteiger partial charge in [0.25, 0.3) is 0 Å². The van der Waals surface area contributed by atoms with Crippen molar-refractivity contribution in [3.05, 3.63) is 66.1 Å². The number of nitrogens with zero attached hydrogens (tertiary/aromatic N) is 2. The normalized spacial score (nSPS) is 14.7. The molecule has 2 aromatic rings. The van der Waals surface area contributed by atoms with Crippen molar-refractivity contribution in [1.29, 1.82) is 0 Å². The van der Waals surface area contributed by atoms with Crippen LogP contribution >= 0.6 is 0 Å². The Kier molecular flexibility index (Phi) is 4.85. The fourth-order valence-electron chi connectivity index (χ4n) is 2.62. The minimum Gasteiger partial charge on any atom is -0.405 e. The number of rotatable bonds is 4. The zero-order valence-electron chi connectivity index (χ0n) is 13.8. The highest BCUT2D eigenvalue weighted by molar-refractivity contribution is 5.87. The maximum Gasteiger partial charge on any atom is 0.573 e. The van der Waals surface area contributed by atoms with Gasteiger partial charge in [0.1, 0.15) is 5.75 Å². The molecule has 26 heavy (non-hydrogen) atoms. The minimum atomic E-state index is -4.80. The third-order valence-corrected chi connectivity index (χ3v) is 3.74. The van der Waals surface area contributed by atoms with Crippen molar-refractivity contribution in [1.82, 2.24) is 10.0 Å². The van der Waals surface area contributed by atoms with Gasteiger partial charge in [-0.05, 0) is 35.9 Å². The number of halogens is 3. The van der Waals surface area contributed by atoms with Crippen molar-refractivity contribution in [2.24, 2.45) is 0 Å². The molecule has 0 radical (unpaired) electrons. The number of benzene rings is 1. The smallest absolute Gasteiger partial charge is 0.405 e. The van der Waals surface area contributed by atoms with Crippen LogP contribution in [0.2, 0.25) is 0 Å². The Morgan fingerprint density at radius 2 is 2.04 bits per heavy atom. The summed E-state index contributed by atoms with van der Waals surface area (Å²) in [5.41, 5.74) is 8.46. The van der Waals surface area contributed by atoms with Crippen molar-refractivity contribution < 1.29 is 22.7 Å². The number of nitrogen functional groups attached to an aromatic ring is 1. The molecule has 1 aromatic heterocycles. The molecule has 1 aromatic carbocycles. The lowest BCUT2D eigenvalue weighted by atomic mass is 9.96. The van der Waals surface area contributed by atoms with Gasteiger partial charge in [0, 0.05) is 41.0 Å². The summed E-state index contributed by atoms with van der Waals surface area (Å²) in [7, 11) is 1.48. The second-order valence-electron chi connectivity index (χ2n) is 5.56. The number of aromatic nitrogens is 1. The lowest BCUT2D eigenvalue weighted by Crippen LogP contribution is -2.23. The van der Waals surface area contributed by atoms with Crippen LogP contribution in [0.25, 0.3) is 11.1 Å². The standard InChI is InChI=1S/C18H16F3N3O2/c1-25-24-10-13(12-3-2-6-23-9-12)7-14(11-24)16-8-15(22)4-5-17(16)26-18(19,20)21/h2-10H,11,22H2,1H3. The van der Waals surface area contributed by atoms with Crippen LogP contribution in [0.5, 0.6) is 5.75 Å². The SMILES string of the molecule is CON1C=C(c2cccnc2)C=C(c2cc(N)ccc2OC(F)(F)F)C1. The topological polar surface area (TPSA) is 60.6 Å². The van der Waals surface area contributed by atoms with Gasteiger partial charge in [0.15, 0.2) is 0 Å². The molecule has 0 saturated heterocycles. The number of alkyl halides is 3. The van der Waals surface area contributed by atoms with Crippen molar-refractivity contribution in [3.63, 3.8) is 0 Å². The first kappa shape index (κ1) is 17.8. The molecule has 8 heteroatoms. The summed E-state index contributed by atoms with van der Waals surface area (Å²) in [5.74, 6) is -0.318. The maximum absolute atomic E-state index is 12.7. The number of allylic oxidation sites excluding steroid dienone is 2. The molecule has 136 valence electrons. The van der Waals surface area contributed by atoms with E-state index < -0.39 is 6.36 Å². The van der Waals surface area contributed by atoms with Crippen molar-refractivity contribution in [3.8, 4) is 5.75 Å². The van der Waals surface area contributed by atoms with E-state index in [2.05, 4.69) is 9.72 Å². The van der Waals surface area contributed by atoms with E-state index in [0.29, 0.717) is 11.3 Å². The van der Waals surface area contributed by atoms with Crippen LogP contribution in [-0.2, 0) is 4.84 Å². The molecule has 0 fully saturated rings. The monoisotopic (exact) mass is 363 g/mol. The first-order valence-corrected chi connectivity index (χ1v) is 7.65. The average molecular weight is 363 g/mol. The zero-order chi connectivity index (χ0) is 18.7. The van der Waals surface area contributed by atoms with Gasteiger partial charge in [-0.15, -0.1) is 13.2 Å². The van der Waals surface area contributed by atoms with E-state index in [0.717, 1.165) is 11.1 Å². The van der Waals surface area contributed by atoms with E-state index in [1.165, 1.54) is 30.4 Å². The number of hydroxylamine groups is 2. The molecule has 0 saturated carbocycles. The first-order chi connectivity index (χ1) is 12.4. The fraction of sp³-hybridized carbons (Fsp3) is 0.167. The molecule has 0 spiro atoms. The second-order valence-corrected chi connectivity index (χ2v) is 5.56. The Balaban J connectivity index is 2.06. The van der Waals surface area contributed by atoms with Crippen LogP contribution in [0.3, 0.4) is 0 Å². The lowest BCUT2D eigenvalue weighted by Gasteiger charge is -2.26. The van der Waals surface area contributed by atoms with Crippen molar-refractivity contribution >= 4 is 16.8 Å². The summed E-state index contributed by atoms with van der Waals surface area (Å²) in [5, 5.41) is 1.51. The number of ether oxygens (including phenoxy) is 1. The van der Waals surface area contributed by atoms with E-state index in [4.69, 9.17) is 10.6 Å². The third-order valence-electron chi connectivity index (χ3n) is 3.74. The Morgan fingerprint density at radius 1 is 1.23 bits per heavy atom. The van der Waals surface area contributed by atoms with Gasteiger partial charge in [0.05, 0.1) is 13.7 Å². The Hall–Kier alpha value is -3.00. The molecule has 0 amide bonds.